The van der Waals surface area contributed by atoms with Crippen LogP contribution in [0, 0.1) is 5.92 Å². The van der Waals surface area contributed by atoms with Gasteiger partial charge in [0.2, 0.25) is 0 Å². The van der Waals surface area contributed by atoms with Gasteiger partial charge >= 0.3 is 6.09 Å². The normalized spacial score (nSPS) is 13.4. The number of carbonyl (C=O) groups excluding carboxylic acids is 1. The first-order chi connectivity index (χ1) is 12.2. The van der Waals surface area contributed by atoms with E-state index in [1.807, 2.05) is 52.2 Å². The Labute approximate surface area is 157 Å². The number of alkyl carbamates (subject to hydrolysis) is 1. The van der Waals surface area contributed by atoms with Crippen LogP contribution in [0.15, 0.2) is 29.5 Å². The average molecular weight is 366 g/mol. The molecule has 26 heavy (non-hydrogen) atoms. The third kappa shape index (κ3) is 9.34. The zero-order valence-corrected chi connectivity index (χ0v) is 17.0. The topological polar surface area (TPSA) is 79.7 Å². The summed E-state index contributed by atoms with van der Waals surface area (Å²) in [6.45, 7) is 14.6. The number of ether oxygens (including phenoxy) is 1. The maximum atomic E-state index is 12.0. The second-order valence-electron chi connectivity index (χ2n) is 7.56. The zero-order valence-electron chi connectivity index (χ0n) is 17.0. The number of nitrogens with one attached hydrogen (secondary N) is 3. The van der Waals surface area contributed by atoms with Crippen molar-refractivity contribution in [1.82, 2.24) is 20.5 Å². The quantitative estimate of drug-likeness (QED) is 0.489. The molecule has 0 bridgehead atoms. The third-order valence-corrected chi connectivity index (χ3v) is 3.63. The van der Waals surface area contributed by atoms with Gasteiger partial charge in [-0.2, -0.15) is 0 Å². The molecule has 148 valence electrons. The highest BCUT2D eigenvalue weighted by Crippen LogP contribution is 2.09. The fourth-order valence-electron chi connectivity index (χ4n) is 2.24. The van der Waals surface area contributed by atoms with Crippen molar-refractivity contribution in [3.05, 3.63) is 24.5 Å². The first kappa shape index (κ1) is 21.9. The third-order valence-electron chi connectivity index (χ3n) is 3.63. The van der Waals surface area contributed by atoms with Crippen molar-refractivity contribution in [1.29, 1.82) is 0 Å². The van der Waals surface area contributed by atoms with E-state index in [9.17, 15) is 4.79 Å². The van der Waals surface area contributed by atoms with Gasteiger partial charge in [-0.1, -0.05) is 13.8 Å². The predicted molar refractivity (Wildman–Crippen MR) is 106 cm³/mol. The van der Waals surface area contributed by atoms with E-state index in [4.69, 9.17) is 4.74 Å². The first-order valence-corrected chi connectivity index (χ1v) is 9.33. The number of amides is 1. The molecule has 1 unspecified atom stereocenters. The molecular formula is C19H35N5O2. The van der Waals surface area contributed by atoms with Crippen LogP contribution in [0.25, 0.3) is 0 Å². The van der Waals surface area contributed by atoms with E-state index in [0.29, 0.717) is 6.54 Å². The Bertz CT molecular complexity index is 547. The first-order valence-electron chi connectivity index (χ1n) is 9.33. The van der Waals surface area contributed by atoms with Crippen LogP contribution in [0.1, 0.15) is 41.5 Å². The minimum atomic E-state index is -0.510. The van der Waals surface area contributed by atoms with Crippen LogP contribution in [0.4, 0.5) is 4.79 Å². The van der Waals surface area contributed by atoms with Crippen molar-refractivity contribution < 1.29 is 9.53 Å². The molecule has 7 heteroatoms. The molecule has 0 spiro atoms. The molecule has 7 nitrogen and oxygen atoms in total. The standard InChI is InChI=1S/C19H35N5O2/c1-7-20-17(21-10-13-24-11-8-9-12-24)22-14-16(15(2)3)23-18(25)26-19(4,5)6/h8-9,11-12,15-16H,7,10,13-14H2,1-6H3,(H,23,25)(H2,20,21,22). The molecule has 0 saturated carbocycles. The van der Waals surface area contributed by atoms with Crippen molar-refractivity contribution in [3.8, 4) is 0 Å². The molecule has 0 saturated heterocycles. The fraction of sp³-hybridized carbons (Fsp3) is 0.684. The molecule has 0 fully saturated rings. The summed E-state index contributed by atoms with van der Waals surface area (Å²) in [7, 11) is 0. The lowest BCUT2D eigenvalue weighted by Crippen LogP contribution is -2.45. The highest BCUT2D eigenvalue weighted by molar-refractivity contribution is 5.79. The molecule has 1 heterocycles. The Kier molecular flexibility index (Phi) is 9.02. The summed E-state index contributed by atoms with van der Waals surface area (Å²) >= 11 is 0. The fourth-order valence-corrected chi connectivity index (χ4v) is 2.24. The number of aromatic nitrogens is 1. The Hall–Kier alpha value is -2.18. The zero-order chi connectivity index (χ0) is 19.6. The number of carbonyl (C=O) groups is 1. The Morgan fingerprint density at radius 3 is 2.38 bits per heavy atom. The molecule has 1 rings (SSSR count). The lowest BCUT2D eigenvalue weighted by Gasteiger charge is -2.25. The summed E-state index contributed by atoms with van der Waals surface area (Å²) < 4.78 is 7.46. The van der Waals surface area contributed by atoms with Crippen molar-refractivity contribution in [2.24, 2.45) is 10.9 Å². The van der Waals surface area contributed by atoms with Crippen LogP contribution >= 0.6 is 0 Å². The second-order valence-corrected chi connectivity index (χ2v) is 7.56. The molecule has 0 radical (unpaired) electrons. The SMILES string of the molecule is CCNC(=NCC(NC(=O)OC(C)(C)C)C(C)C)NCCn1cccc1. The summed E-state index contributed by atoms with van der Waals surface area (Å²) in [6.07, 6.45) is 3.66. The summed E-state index contributed by atoms with van der Waals surface area (Å²) in [5.74, 6) is 0.991. The largest absolute Gasteiger partial charge is 0.444 e. The lowest BCUT2D eigenvalue weighted by atomic mass is 10.1. The van der Waals surface area contributed by atoms with Gasteiger partial charge in [-0.05, 0) is 45.7 Å². The highest BCUT2D eigenvalue weighted by Gasteiger charge is 2.21. The minimum absolute atomic E-state index is 0.0928. The van der Waals surface area contributed by atoms with Crippen LogP contribution in [0.2, 0.25) is 0 Å². The van der Waals surface area contributed by atoms with Crippen molar-refractivity contribution in [3.63, 3.8) is 0 Å². The van der Waals surface area contributed by atoms with Gasteiger partial charge in [0, 0.05) is 32.0 Å². The van der Waals surface area contributed by atoms with Crippen molar-refractivity contribution >= 4 is 12.1 Å². The number of rotatable bonds is 8. The molecule has 0 aliphatic carbocycles. The van der Waals surface area contributed by atoms with Crippen LogP contribution in [0.3, 0.4) is 0 Å². The average Bonchev–Trinajstić information content (AvgIpc) is 3.02. The molecule has 0 aliphatic heterocycles. The van der Waals surface area contributed by atoms with Crippen LogP contribution in [0.5, 0.6) is 0 Å². The van der Waals surface area contributed by atoms with Gasteiger partial charge in [-0.15, -0.1) is 0 Å². The van der Waals surface area contributed by atoms with Crippen LogP contribution < -0.4 is 16.0 Å². The molecule has 3 N–H and O–H groups in total. The van der Waals surface area contributed by atoms with Gasteiger partial charge in [-0.3, -0.25) is 4.99 Å². The highest BCUT2D eigenvalue weighted by atomic mass is 16.6. The monoisotopic (exact) mass is 365 g/mol. The number of hydrogen-bond acceptors (Lipinski definition) is 3. The predicted octanol–water partition coefficient (Wildman–Crippen LogP) is 2.59. The van der Waals surface area contributed by atoms with Gasteiger partial charge in [0.15, 0.2) is 5.96 Å². The minimum Gasteiger partial charge on any atom is -0.444 e. The van der Waals surface area contributed by atoms with E-state index in [1.165, 1.54) is 0 Å². The van der Waals surface area contributed by atoms with E-state index in [2.05, 4.69) is 39.4 Å². The molecule has 0 aliphatic rings. The van der Waals surface area contributed by atoms with Crippen LogP contribution in [-0.2, 0) is 11.3 Å². The summed E-state index contributed by atoms with van der Waals surface area (Å²) in [6, 6.07) is 3.92. The van der Waals surface area contributed by atoms with Gasteiger partial charge in [0.1, 0.15) is 5.60 Å². The molecular weight excluding hydrogens is 330 g/mol. The molecule has 1 aromatic heterocycles. The van der Waals surface area contributed by atoms with Crippen molar-refractivity contribution in [2.45, 2.75) is 59.7 Å². The maximum Gasteiger partial charge on any atom is 0.407 e. The van der Waals surface area contributed by atoms with E-state index in [1.54, 1.807) is 0 Å². The number of nitrogens with zero attached hydrogens (tertiary/aromatic N) is 2. The molecule has 1 amide bonds. The van der Waals surface area contributed by atoms with Gasteiger partial charge in [0.05, 0.1) is 12.6 Å². The summed E-state index contributed by atoms with van der Waals surface area (Å²) in [5, 5.41) is 9.47. The van der Waals surface area contributed by atoms with E-state index < -0.39 is 11.7 Å². The van der Waals surface area contributed by atoms with Gasteiger partial charge in [-0.25, -0.2) is 4.79 Å². The Balaban J connectivity index is 2.57. The van der Waals surface area contributed by atoms with E-state index in [0.717, 1.165) is 25.6 Å². The smallest absolute Gasteiger partial charge is 0.407 e. The Morgan fingerprint density at radius 1 is 1.19 bits per heavy atom. The molecule has 1 aromatic rings. The van der Waals surface area contributed by atoms with E-state index in [-0.39, 0.29) is 12.0 Å². The van der Waals surface area contributed by atoms with Gasteiger partial charge < -0.3 is 25.3 Å². The maximum absolute atomic E-state index is 12.0. The van der Waals surface area contributed by atoms with Crippen LogP contribution in [-0.4, -0.2) is 47.9 Å². The molecule has 1 atom stereocenters. The van der Waals surface area contributed by atoms with Gasteiger partial charge in [0.25, 0.3) is 0 Å². The number of hydrogen-bond donors (Lipinski definition) is 3. The Morgan fingerprint density at radius 2 is 1.85 bits per heavy atom. The summed E-state index contributed by atoms with van der Waals surface area (Å²) in [5.41, 5.74) is -0.510. The van der Waals surface area contributed by atoms with E-state index >= 15 is 0 Å². The second kappa shape index (κ2) is 10.7. The summed E-state index contributed by atoms with van der Waals surface area (Å²) in [4.78, 5) is 16.6. The number of guanidine groups is 1. The van der Waals surface area contributed by atoms with Crippen molar-refractivity contribution in [2.75, 3.05) is 19.6 Å². The molecule has 0 aromatic carbocycles. The number of aliphatic imine (C=N–C) groups is 1. The lowest BCUT2D eigenvalue weighted by molar-refractivity contribution is 0.0493.